The van der Waals surface area contributed by atoms with Crippen molar-refractivity contribution in [1.29, 1.82) is 0 Å². The Kier molecular flexibility index (Phi) is 5.35. The fourth-order valence-corrected chi connectivity index (χ4v) is 1.32. The van der Waals surface area contributed by atoms with Gasteiger partial charge >= 0.3 is 0 Å². The van der Waals surface area contributed by atoms with Gasteiger partial charge in [-0.05, 0) is 13.3 Å². The number of rotatable bonds is 6. The summed E-state index contributed by atoms with van der Waals surface area (Å²) in [4.78, 5) is 21.5. The molecule has 0 saturated carbocycles. The first-order chi connectivity index (χ1) is 8.19. The van der Waals surface area contributed by atoms with E-state index in [9.17, 15) is 4.79 Å². The van der Waals surface area contributed by atoms with Crippen LogP contribution in [0.1, 0.15) is 23.8 Å². The monoisotopic (exact) mass is 238 g/mol. The SMILES string of the molecule is CCNc1cnc(C(=O)N(C)CCCO)cn1. The van der Waals surface area contributed by atoms with Crippen LogP contribution in [0.5, 0.6) is 0 Å². The Labute approximate surface area is 101 Å². The van der Waals surface area contributed by atoms with Gasteiger partial charge in [-0.25, -0.2) is 9.97 Å². The van der Waals surface area contributed by atoms with Gasteiger partial charge in [0, 0.05) is 26.7 Å². The van der Waals surface area contributed by atoms with Gasteiger partial charge in [0.1, 0.15) is 11.5 Å². The van der Waals surface area contributed by atoms with Gasteiger partial charge in [-0.1, -0.05) is 0 Å². The van der Waals surface area contributed by atoms with Crippen LogP contribution in [0.2, 0.25) is 0 Å². The average Bonchev–Trinajstić information content (AvgIpc) is 2.36. The van der Waals surface area contributed by atoms with Crippen LogP contribution in [0, 0.1) is 0 Å². The molecule has 0 aliphatic carbocycles. The molecule has 0 spiro atoms. The van der Waals surface area contributed by atoms with Crippen molar-refractivity contribution < 1.29 is 9.90 Å². The summed E-state index contributed by atoms with van der Waals surface area (Å²) in [7, 11) is 1.68. The lowest BCUT2D eigenvalue weighted by atomic mass is 10.3. The molecule has 1 aromatic heterocycles. The van der Waals surface area contributed by atoms with E-state index in [1.54, 1.807) is 7.05 Å². The highest BCUT2D eigenvalue weighted by Crippen LogP contribution is 2.03. The van der Waals surface area contributed by atoms with Gasteiger partial charge in [0.05, 0.1) is 12.4 Å². The van der Waals surface area contributed by atoms with Gasteiger partial charge in [-0.2, -0.15) is 0 Å². The van der Waals surface area contributed by atoms with Crippen LogP contribution in [-0.2, 0) is 0 Å². The van der Waals surface area contributed by atoms with E-state index in [-0.39, 0.29) is 12.5 Å². The molecule has 0 unspecified atom stereocenters. The van der Waals surface area contributed by atoms with E-state index in [1.165, 1.54) is 17.3 Å². The van der Waals surface area contributed by atoms with Crippen LogP contribution in [0.15, 0.2) is 12.4 Å². The third-order valence-electron chi connectivity index (χ3n) is 2.23. The number of anilines is 1. The van der Waals surface area contributed by atoms with E-state index in [2.05, 4.69) is 15.3 Å². The Morgan fingerprint density at radius 3 is 2.76 bits per heavy atom. The molecule has 0 radical (unpaired) electrons. The van der Waals surface area contributed by atoms with Crippen molar-refractivity contribution in [3.05, 3.63) is 18.1 Å². The van der Waals surface area contributed by atoms with Crippen LogP contribution in [0.25, 0.3) is 0 Å². The van der Waals surface area contributed by atoms with E-state index in [0.717, 1.165) is 6.54 Å². The third-order valence-corrected chi connectivity index (χ3v) is 2.23. The number of aliphatic hydroxyl groups is 1. The van der Waals surface area contributed by atoms with Crippen molar-refractivity contribution in [2.45, 2.75) is 13.3 Å². The molecule has 0 aromatic carbocycles. The molecular weight excluding hydrogens is 220 g/mol. The first-order valence-corrected chi connectivity index (χ1v) is 5.61. The molecule has 0 fully saturated rings. The molecular formula is C11H18N4O2. The van der Waals surface area contributed by atoms with Crippen LogP contribution in [0.3, 0.4) is 0 Å². The van der Waals surface area contributed by atoms with Crippen molar-refractivity contribution in [2.75, 3.05) is 32.1 Å². The Balaban J connectivity index is 2.62. The van der Waals surface area contributed by atoms with Crippen LogP contribution < -0.4 is 5.32 Å². The van der Waals surface area contributed by atoms with Crippen molar-refractivity contribution in [3.8, 4) is 0 Å². The van der Waals surface area contributed by atoms with E-state index >= 15 is 0 Å². The summed E-state index contributed by atoms with van der Waals surface area (Å²) >= 11 is 0. The molecule has 1 heterocycles. The fourth-order valence-electron chi connectivity index (χ4n) is 1.32. The van der Waals surface area contributed by atoms with Gasteiger partial charge in [0.25, 0.3) is 5.91 Å². The summed E-state index contributed by atoms with van der Waals surface area (Å²) in [6.45, 7) is 3.30. The van der Waals surface area contributed by atoms with Gasteiger partial charge < -0.3 is 15.3 Å². The first-order valence-electron chi connectivity index (χ1n) is 5.61. The molecule has 6 heteroatoms. The number of amides is 1. The van der Waals surface area contributed by atoms with E-state index in [1.807, 2.05) is 6.92 Å². The lowest BCUT2D eigenvalue weighted by molar-refractivity contribution is 0.0780. The molecule has 2 N–H and O–H groups in total. The molecule has 0 aliphatic heterocycles. The third kappa shape index (κ3) is 3.99. The minimum absolute atomic E-state index is 0.0721. The standard InChI is InChI=1S/C11H18N4O2/c1-3-12-10-8-13-9(7-14-10)11(17)15(2)5-4-6-16/h7-8,16H,3-6H2,1-2H3,(H,12,14). The van der Waals surface area contributed by atoms with Crippen LogP contribution >= 0.6 is 0 Å². The van der Waals surface area contributed by atoms with Gasteiger partial charge in [0.15, 0.2) is 0 Å². The van der Waals surface area contributed by atoms with Gasteiger partial charge in [0.2, 0.25) is 0 Å². The van der Waals surface area contributed by atoms with Crippen molar-refractivity contribution in [1.82, 2.24) is 14.9 Å². The number of aromatic nitrogens is 2. The number of carbonyl (C=O) groups is 1. The number of carbonyl (C=O) groups excluding carboxylic acids is 1. The normalized spacial score (nSPS) is 10.1. The number of nitrogens with one attached hydrogen (secondary N) is 1. The molecule has 17 heavy (non-hydrogen) atoms. The summed E-state index contributed by atoms with van der Waals surface area (Å²) in [6, 6.07) is 0. The van der Waals surface area contributed by atoms with Crippen molar-refractivity contribution in [2.24, 2.45) is 0 Å². The molecule has 0 saturated heterocycles. The van der Waals surface area contributed by atoms with Crippen LogP contribution in [0.4, 0.5) is 5.82 Å². The van der Waals surface area contributed by atoms with Crippen LogP contribution in [-0.4, -0.2) is 52.6 Å². The highest BCUT2D eigenvalue weighted by molar-refractivity contribution is 5.91. The topological polar surface area (TPSA) is 78.4 Å². The second kappa shape index (κ2) is 6.80. The molecule has 94 valence electrons. The van der Waals surface area contributed by atoms with Gasteiger partial charge in [-0.3, -0.25) is 4.79 Å². The lowest BCUT2D eigenvalue weighted by Gasteiger charge is -2.15. The fraction of sp³-hybridized carbons (Fsp3) is 0.545. The smallest absolute Gasteiger partial charge is 0.273 e. The summed E-state index contributed by atoms with van der Waals surface area (Å²) in [5.74, 6) is 0.469. The summed E-state index contributed by atoms with van der Waals surface area (Å²) in [6.07, 6.45) is 3.55. The quantitative estimate of drug-likeness (QED) is 0.748. The predicted octanol–water partition coefficient (Wildman–Crippen LogP) is 0.363. The predicted molar refractivity (Wildman–Crippen MR) is 64.9 cm³/mol. The Hall–Kier alpha value is -1.69. The molecule has 1 rings (SSSR count). The maximum absolute atomic E-state index is 11.8. The summed E-state index contributed by atoms with van der Waals surface area (Å²) in [5.41, 5.74) is 0.312. The zero-order valence-electron chi connectivity index (χ0n) is 10.2. The summed E-state index contributed by atoms with van der Waals surface area (Å²) in [5, 5.41) is 11.7. The number of hydrogen-bond acceptors (Lipinski definition) is 5. The second-order valence-corrected chi connectivity index (χ2v) is 3.62. The van der Waals surface area contributed by atoms with Crippen molar-refractivity contribution >= 4 is 11.7 Å². The largest absolute Gasteiger partial charge is 0.396 e. The Bertz CT molecular complexity index is 353. The summed E-state index contributed by atoms with van der Waals surface area (Å²) < 4.78 is 0. The highest BCUT2D eigenvalue weighted by atomic mass is 16.3. The van der Waals surface area contributed by atoms with E-state index in [4.69, 9.17) is 5.11 Å². The minimum Gasteiger partial charge on any atom is -0.396 e. The number of nitrogens with zero attached hydrogens (tertiary/aromatic N) is 3. The number of aliphatic hydroxyl groups excluding tert-OH is 1. The Morgan fingerprint density at radius 2 is 2.24 bits per heavy atom. The van der Waals surface area contributed by atoms with E-state index < -0.39 is 0 Å². The first kappa shape index (κ1) is 13.4. The maximum Gasteiger partial charge on any atom is 0.273 e. The molecule has 0 aliphatic rings. The molecule has 1 aromatic rings. The number of hydrogen-bond donors (Lipinski definition) is 2. The zero-order chi connectivity index (χ0) is 12.7. The lowest BCUT2D eigenvalue weighted by Crippen LogP contribution is -2.29. The Morgan fingerprint density at radius 1 is 1.47 bits per heavy atom. The molecule has 0 atom stereocenters. The molecule has 1 amide bonds. The minimum atomic E-state index is -0.186. The molecule has 0 bridgehead atoms. The van der Waals surface area contributed by atoms with Gasteiger partial charge in [-0.15, -0.1) is 0 Å². The zero-order valence-corrected chi connectivity index (χ0v) is 10.2. The molecule has 6 nitrogen and oxygen atoms in total. The van der Waals surface area contributed by atoms with E-state index in [0.29, 0.717) is 24.5 Å². The van der Waals surface area contributed by atoms with Crippen molar-refractivity contribution in [3.63, 3.8) is 0 Å². The highest BCUT2D eigenvalue weighted by Gasteiger charge is 2.12. The second-order valence-electron chi connectivity index (χ2n) is 3.62. The average molecular weight is 238 g/mol. The maximum atomic E-state index is 11.8.